The Morgan fingerprint density at radius 1 is 1.21 bits per heavy atom. The number of carbonyl (C=O) groups excluding carboxylic acids is 1. The molecule has 0 aliphatic heterocycles. The lowest BCUT2D eigenvalue weighted by Crippen LogP contribution is -2.26. The molecule has 5 atom stereocenters. The Morgan fingerprint density at radius 2 is 2.03 bits per heavy atom. The van der Waals surface area contributed by atoms with E-state index in [0.29, 0.717) is 51.4 Å². The number of imidazole rings is 1. The maximum absolute atomic E-state index is 13.7. The molecule has 8 heteroatoms. The Balaban J connectivity index is 1.08. The van der Waals surface area contributed by atoms with Crippen LogP contribution < -0.4 is 10.1 Å². The molecule has 2 aliphatic rings. The molecule has 1 amide bonds. The third-order valence-corrected chi connectivity index (χ3v) is 7.27. The van der Waals surface area contributed by atoms with E-state index in [2.05, 4.69) is 26.3 Å². The summed E-state index contributed by atoms with van der Waals surface area (Å²) in [4.78, 5) is 24.6. The van der Waals surface area contributed by atoms with E-state index in [9.17, 15) is 9.18 Å². The summed E-state index contributed by atoms with van der Waals surface area (Å²) < 4.78 is 20.0. The molecule has 2 fully saturated rings. The number of aromatic amines is 1. The zero-order valence-electron chi connectivity index (χ0n) is 18.5. The summed E-state index contributed by atoms with van der Waals surface area (Å²) in [5.41, 5.74) is 2.65. The van der Waals surface area contributed by atoms with E-state index < -0.39 is 0 Å². The summed E-state index contributed by atoms with van der Waals surface area (Å²) in [6, 6.07) is 13.6. The Labute approximate surface area is 195 Å². The number of benzene rings is 2. The molecule has 7 nitrogen and oxygen atoms in total. The number of anilines is 1. The van der Waals surface area contributed by atoms with Crippen LogP contribution in [0.15, 0.2) is 48.7 Å². The minimum Gasteiger partial charge on any atom is -0.490 e. The molecular formula is C26H22FN5O2. The van der Waals surface area contributed by atoms with E-state index in [0.717, 1.165) is 18.4 Å². The lowest BCUT2D eigenvalue weighted by molar-refractivity contribution is -0.120. The second-order valence-corrected chi connectivity index (χ2v) is 9.29. The highest BCUT2D eigenvalue weighted by Gasteiger charge is 2.59. The van der Waals surface area contributed by atoms with Gasteiger partial charge in [0.25, 0.3) is 0 Å². The average Bonchev–Trinajstić information content (AvgIpc) is 3.15. The third kappa shape index (κ3) is 3.54. The third-order valence-electron chi connectivity index (χ3n) is 7.27. The molecule has 2 heterocycles. The van der Waals surface area contributed by atoms with Gasteiger partial charge in [-0.3, -0.25) is 15.1 Å². The van der Waals surface area contributed by atoms with Gasteiger partial charge in [-0.05, 0) is 73.1 Å². The van der Waals surface area contributed by atoms with Crippen molar-refractivity contribution >= 4 is 33.8 Å². The summed E-state index contributed by atoms with van der Waals surface area (Å²) in [6.45, 7) is 1.96. The van der Waals surface area contributed by atoms with Crippen molar-refractivity contribution in [3.8, 4) is 11.8 Å². The van der Waals surface area contributed by atoms with Gasteiger partial charge in [0.15, 0.2) is 0 Å². The van der Waals surface area contributed by atoms with Crippen molar-refractivity contribution in [1.82, 2.24) is 15.0 Å². The molecule has 2 aromatic carbocycles. The number of halogens is 1. The fraction of sp³-hybridized carbons (Fsp3) is 0.308. The number of aromatic nitrogens is 3. The second-order valence-electron chi connectivity index (χ2n) is 9.29. The molecule has 2 N–H and O–H groups in total. The quantitative estimate of drug-likeness (QED) is 0.450. The molecule has 2 aliphatic carbocycles. The maximum Gasteiger partial charge on any atom is 0.229 e. The number of rotatable bonds is 5. The Kier molecular flexibility index (Phi) is 4.73. The smallest absolute Gasteiger partial charge is 0.229 e. The van der Waals surface area contributed by atoms with E-state index in [4.69, 9.17) is 10.00 Å². The zero-order valence-corrected chi connectivity index (χ0v) is 18.5. The van der Waals surface area contributed by atoms with Gasteiger partial charge in [-0.25, -0.2) is 9.37 Å². The van der Waals surface area contributed by atoms with Crippen molar-refractivity contribution in [2.45, 2.75) is 25.9 Å². The Hall–Kier alpha value is -3.99. The molecule has 0 saturated heterocycles. The van der Waals surface area contributed by atoms with Gasteiger partial charge in [0.2, 0.25) is 11.9 Å². The monoisotopic (exact) mass is 455 g/mol. The van der Waals surface area contributed by atoms with Crippen LogP contribution in [0.2, 0.25) is 0 Å². The predicted molar refractivity (Wildman–Crippen MR) is 124 cm³/mol. The fourth-order valence-electron chi connectivity index (χ4n) is 5.60. The van der Waals surface area contributed by atoms with Gasteiger partial charge in [0.1, 0.15) is 11.6 Å². The number of ether oxygens (including phenoxy) is 1. The van der Waals surface area contributed by atoms with Crippen LogP contribution in [0.25, 0.3) is 21.9 Å². The van der Waals surface area contributed by atoms with Gasteiger partial charge in [0.05, 0.1) is 34.3 Å². The zero-order chi connectivity index (χ0) is 23.4. The highest BCUT2D eigenvalue weighted by molar-refractivity contribution is 5.93. The summed E-state index contributed by atoms with van der Waals surface area (Å²) in [7, 11) is 0. The predicted octanol–water partition coefficient (Wildman–Crippen LogP) is 4.80. The van der Waals surface area contributed by atoms with Gasteiger partial charge < -0.3 is 9.72 Å². The van der Waals surface area contributed by atoms with Gasteiger partial charge >= 0.3 is 0 Å². The molecule has 0 bridgehead atoms. The number of nitriles is 1. The number of nitrogens with one attached hydrogen (secondary N) is 2. The molecule has 6 rings (SSSR count). The first-order valence-electron chi connectivity index (χ1n) is 11.4. The van der Waals surface area contributed by atoms with Gasteiger partial charge in [0, 0.05) is 17.5 Å². The van der Waals surface area contributed by atoms with E-state index in [1.807, 2.05) is 6.92 Å². The van der Waals surface area contributed by atoms with Crippen molar-refractivity contribution in [2.24, 2.45) is 23.7 Å². The molecule has 170 valence electrons. The highest BCUT2D eigenvalue weighted by Crippen LogP contribution is 2.61. The second kappa shape index (κ2) is 7.80. The summed E-state index contributed by atoms with van der Waals surface area (Å²) in [5.74, 6) is 1.75. The van der Waals surface area contributed by atoms with Crippen LogP contribution in [0.3, 0.4) is 0 Å². The Bertz CT molecular complexity index is 1460. The largest absolute Gasteiger partial charge is 0.490 e. The van der Waals surface area contributed by atoms with Crippen molar-refractivity contribution in [2.75, 3.05) is 5.32 Å². The minimum absolute atomic E-state index is 0.0556. The maximum atomic E-state index is 13.7. The molecule has 2 aromatic heterocycles. The number of pyridine rings is 1. The first kappa shape index (κ1) is 20.6. The molecule has 4 aromatic rings. The lowest BCUT2D eigenvalue weighted by Gasteiger charge is -2.20. The average molecular weight is 455 g/mol. The SMILES string of the molecule is CC(C(=O)Nc1nc2cc(C#N)ccc2[nH]1)[C@H]1[C@@H]2C[C@@H](Oc3ccnc4ccc(F)cc34)C[C@@H]21. The van der Waals surface area contributed by atoms with Crippen LogP contribution in [-0.2, 0) is 4.79 Å². The molecular weight excluding hydrogens is 433 g/mol. The number of hydrogen-bond acceptors (Lipinski definition) is 5. The van der Waals surface area contributed by atoms with Gasteiger partial charge in [-0.1, -0.05) is 6.92 Å². The van der Waals surface area contributed by atoms with Crippen molar-refractivity contribution in [3.63, 3.8) is 0 Å². The van der Waals surface area contributed by atoms with Crippen LogP contribution in [0.4, 0.5) is 10.3 Å². The normalized spacial score (nSPS) is 23.9. The highest BCUT2D eigenvalue weighted by atomic mass is 19.1. The molecule has 34 heavy (non-hydrogen) atoms. The van der Waals surface area contributed by atoms with Crippen molar-refractivity contribution in [3.05, 3.63) is 60.0 Å². The van der Waals surface area contributed by atoms with Crippen LogP contribution in [0.5, 0.6) is 5.75 Å². The summed E-state index contributed by atoms with van der Waals surface area (Å²) in [5, 5.41) is 12.6. The first-order valence-corrected chi connectivity index (χ1v) is 11.4. The Morgan fingerprint density at radius 3 is 2.82 bits per heavy atom. The van der Waals surface area contributed by atoms with Gasteiger partial charge in [-0.15, -0.1) is 0 Å². The van der Waals surface area contributed by atoms with Gasteiger partial charge in [-0.2, -0.15) is 5.26 Å². The number of hydrogen-bond donors (Lipinski definition) is 2. The van der Waals surface area contributed by atoms with Crippen molar-refractivity contribution in [1.29, 1.82) is 5.26 Å². The fourth-order valence-corrected chi connectivity index (χ4v) is 5.60. The number of carbonyl (C=O) groups is 1. The standard InChI is InChI=1S/C26H22FN5O2/c1-13(25(33)32-26-30-21-4-2-14(12-28)8-22(21)31-26)24-17-10-16(11-18(17)24)34-23-6-7-29-20-5-3-15(27)9-19(20)23/h2-9,13,16-18,24H,10-11H2,1H3,(H2,30,31,32,33)/t13?,16-,17-,18+,24+. The number of nitrogens with zero attached hydrogens (tertiary/aromatic N) is 3. The van der Waals surface area contributed by atoms with E-state index in [1.165, 1.54) is 12.1 Å². The van der Waals surface area contributed by atoms with Crippen molar-refractivity contribution < 1.29 is 13.9 Å². The van der Waals surface area contributed by atoms with Crippen LogP contribution in [0, 0.1) is 40.8 Å². The van der Waals surface area contributed by atoms with E-state index in [1.54, 1.807) is 36.5 Å². The number of H-pyrrole nitrogens is 1. The summed E-state index contributed by atoms with van der Waals surface area (Å²) >= 11 is 0. The van der Waals surface area contributed by atoms with Crippen LogP contribution in [0.1, 0.15) is 25.3 Å². The number of fused-ring (bicyclic) bond motifs is 3. The molecule has 0 radical (unpaired) electrons. The minimum atomic E-state index is -0.311. The van der Waals surface area contributed by atoms with E-state index in [-0.39, 0.29) is 23.7 Å². The first-order chi connectivity index (χ1) is 16.5. The topological polar surface area (TPSA) is 104 Å². The number of amides is 1. The van der Waals surface area contributed by atoms with E-state index >= 15 is 0 Å². The molecule has 1 unspecified atom stereocenters. The molecule has 2 saturated carbocycles. The summed E-state index contributed by atoms with van der Waals surface area (Å²) in [6.07, 6.45) is 3.50. The van der Waals surface area contributed by atoms with Crippen LogP contribution in [-0.4, -0.2) is 27.0 Å². The molecule has 0 spiro atoms. The lowest BCUT2D eigenvalue weighted by atomic mass is 9.97. The van der Waals surface area contributed by atoms with Crippen LogP contribution >= 0.6 is 0 Å².